The van der Waals surface area contributed by atoms with Crippen LogP contribution in [0.15, 0.2) is 34.9 Å². The molecule has 132 valence electrons. The number of piperazine rings is 1. The maximum absolute atomic E-state index is 12.2. The minimum atomic E-state index is -0.296. The zero-order valence-electron chi connectivity index (χ0n) is 14.1. The Morgan fingerprint density at radius 3 is 2.88 bits per heavy atom. The zero-order chi connectivity index (χ0) is 17.2. The molecule has 1 aromatic heterocycles. The Labute approximate surface area is 146 Å². The molecule has 1 aromatic carbocycles. The summed E-state index contributed by atoms with van der Waals surface area (Å²) in [6, 6.07) is 10.2. The van der Waals surface area contributed by atoms with Gasteiger partial charge in [-0.3, -0.25) is 9.69 Å². The van der Waals surface area contributed by atoms with Crippen molar-refractivity contribution in [1.82, 2.24) is 10.1 Å². The van der Waals surface area contributed by atoms with Gasteiger partial charge < -0.3 is 20.5 Å². The number of fused-ring (bicyclic) bond motifs is 1. The van der Waals surface area contributed by atoms with Crippen LogP contribution in [0.2, 0.25) is 0 Å². The average molecular weight is 341 g/mol. The minimum absolute atomic E-state index is 0.225. The molecule has 2 saturated heterocycles. The average Bonchev–Trinajstić information content (AvgIpc) is 3.31. The van der Waals surface area contributed by atoms with Crippen LogP contribution in [0.4, 0.5) is 11.4 Å². The van der Waals surface area contributed by atoms with E-state index in [0.717, 1.165) is 25.3 Å². The number of hydrogen-bond donors (Lipinski definition) is 2. The molecule has 1 atom stereocenters. The third kappa shape index (κ3) is 3.38. The second kappa shape index (κ2) is 6.85. The van der Waals surface area contributed by atoms with E-state index in [-0.39, 0.29) is 18.1 Å². The fraction of sp³-hybridized carbons (Fsp3) is 0.444. The normalized spacial score (nSPS) is 20.5. The number of rotatable bonds is 4. The Bertz CT molecular complexity index is 742. The number of carbonyl (C=O) groups is 1. The van der Waals surface area contributed by atoms with Gasteiger partial charge in [-0.25, -0.2) is 0 Å². The van der Waals surface area contributed by atoms with Gasteiger partial charge in [0, 0.05) is 43.1 Å². The van der Waals surface area contributed by atoms with Crippen molar-refractivity contribution in [2.45, 2.75) is 25.4 Å². The van der Waals surface area contributed by atoms with E-state index in [9.17, 15) is 4.79 Å². The highest BCUT2D eigenvalue weighted by Gasteiger charge is 2.30. The van der Waals surface area contributed by atoms with Crippen molar-refractivity contribution in [1.29, 1.82) is 0 Å². The van der Waals surface area contributed by atoms with Gasteiger partial charge in [-0.15, -0.1) is 0 Å². The molecule has 0 radical (unpaired) electrons. The molecule has 2 aromatic rings. The number of amides is 1. The van der Waals surface area contributed by atoms with Crippen molar-refractivity contribution >= 4 is 17.3 Å². The maximum Gasteiger partial charge on any atom is 0.277 e. The fourth-order valence-corrected chi connectivity index (χ4v) is 3.69. The highest BCUT2D eigenvalue weighted by Crippen LogP contribution is 2.26. The smallest absolute Gasteiger partial charge is 0.277 e. The predicted molar refractivity (Wildman–Crippen MR) is 95.6 cm³/mol. The standard InChI is InChI=1S/C18H23N5O2/c19-11-16-10-17(21-25-16)18(24)20-13-3-5-14(6-4-13)23-9-8-22-7-1-2-15(22)12-23/h3-6,10,15H,1-2,7-9,11-12,19H2,(H,20,24). The van der Waals surface area contributed by atoms with Crippen molar-refractivity contribution in [3.63, 3.8) is 0 Å². The molecule has 7 nitrogen and oxygen atoms in total. The molecule has 0 saturated carbocycles. The predicted octanol–water partition coefficient (Wildman–Crippen LogP) is 1.67. The first kappa shape index (κ1) is 16.1. The molecular weight excluding hydrogens is 318 g/mol. The molecule has 7 heteroatoms. The lowest BCUT2D eigenvalue weighted by molar-refractivity contribution is 0.101. The van der Waals surface area contributed by atoms with Crippen LogP contribution in [-0.2, 0) is 6.54 Å². The molecule has 2 aliphatic rings. The third-order valence-electron chi connectivity index (χ3n) is 5.07. The summed E-state index contributed by atoms with van der Waals surface area (Å²) in [5.74, 6) is 0.197. The molecule has 0 bridgehead atoms. The molecule has 3 heterocycles. The van der Waals surface area contributed by atoms with E-state index < -0.39 is 0 Å². The molecule has 1 amide bonds. The van der Waals surface area contributed by atoms with Gasteiger partial charge in [0.2, 0.25) is 0 Å². The third-order valence-corrected chi connectivity index (χ3v) is 5.07. The fourth-order valence-electron chi connectivity index (χ4n) is 3.69. The number of hydrogen-bond acceptors (Lipinski definition) is 6. The molecule has 4 rings (SSSR count). The summed E-state index contributed by atoms with van der Waals surface area (Å²) in [5, 5.41) is 6.56. The largest absolute Gasteiger partial charge is 0.369 e. The summed E-state index contributed by atoms with van der Waals surface area (Å²) in [4.78, 5) is 17.2. The van der Waals surface area contributed by atoms with Gasteiger partial charge in [0.05, 0.1) is 6.54 Å². The molecule has 0 spiro atoms. The van der Waals surface area contributed by atoms with Crippen molar-refractivity contribution in [3.05, 3.63) is 41.8 Å². The molecule has 2 aliphatic heterocycles. The van der Waals surface area contributed by atoms with E-state index in [1.165, 1.54) is 25.1 Å². The van der Waals surface area contributed by atoms with E-state index >= 15 is 0 Å². The first-order chi connectivity index (χ1) is 12.2. The Kier molecular flexibility index (Phi) is 4.42. The van der Waals surface area contributed by atoms with E-state index in [0.29, 0.717) is 11.8 Å². The first-order valence-electron chi connectivity index (χ1n) is 8.79. The topological polar surface area (TPSA) is 87.6 Å². The van der Waals surface area contributed by atoms with E-state index in [2.05, 4.69) is 32.4 Å². The van der Waals surface area contributed by atoms with Crippen LogP contribution in [0.25, 0.3) is 0 Å². The van der Waals surface area contributed by atoms with Crippen molar-refractivity contribution < 1.29 is 9.32 Å². The Morgan fingerprint density at radius 2 is 2.12 bits per heavy atom. The summed E-state index contributed by atoms with van der Waals surface area (Å²) >= 11 is 0. The van der Waals surface area contributed by atoms with Gasteiger partial charge in [-0.2, -0.15) is 0 Å². The second-order valence-corrected chi connectivity index (χ2v) is 6.66. The molecule has 3 N–H and O–H groups in total. The van der Waals surface area contributed by atoms with Crippen LogP contribution in [0.3, 0.4) is 0 Å². The summed E-state index contributed by atoms with van der Waals surface area (Å²) in [6.07, 6.45) is 2.62. The van der Waals surface area contributed by atoms with Gasteiger partial charge >= 0.3 is 0 Å². The quantitative estimate of drug-likeness (QED) is 0.880. The summed E-state index contributed by atoms with van der Waals surface area (Å²) in [7, 11) is 0. The van der Waals surface area contributed by atoms with Gasteiger partial charge in [0.1, 0.15) is 0 Å². The molecule has 1 unspecified atom stereocenters. The Balaban J connectivity index is 1.39. The van der Waals surface area contributed by atoms with Crippen molar-refractivity contribution in [2.24, 2.45) is 5.73 Å². The van der Waals surface area contributed by atoms with Gasteiger partial charge in [0.15, 0.2) is 11.5 Å². The number of nitrogens with two attached hydrogens (primary N) is 1. The summed E-state index contributed by atoms with van der Waals surface area (Å²) < 4.78 is 4.96. The van der Waals surface area contributed by atoms with Crippen LogP contribution in [-0.4, -0.2) is 48.2 Å². The number of benzene rings is 1. The maximum atomic E-state index is 12.2. The summed E-state index contributed by atoms with van der Waals surface area (Å²) in [5.41, 5.74) is 7.65. The monoisotopic (exact) mass is 341 g/mol. The SMILES string of the molecule is NCc1cc(C(=O)Nc2ccc(N3CCN4CCCC4C3)cc2)no1. The number of aromatic nitrogens is 1. The highest BCUT2D eigenvalue weighted by atomic mass is 16.5. The minimum Gasteiger partial charge on any atom is -0.369 e. The van der Waals surface area contributed by atoms with E-state index in [1.54, 1.807) is 6.07 Å². The van der Waals surface area contributed by atoms with Gasteiger partial charge in [-0.1, -0.05) is 5.16 Å². The van der Waals surface area contributed by atoms with Crippen molar-refractivity contribution in [2.75, 3.05) is 36.4 Å². The number of carbonyl (C=O) groups excluding carboxylic acids is 1. The van der Waals surface area contributed by atoms with Gasteiger partial charge in [0.25, 0.3) is 5.91 Å². The van der Waals surface area contributed by atoms with Crippen LogP contribution in [0.5, 0.6) is 0 Å². The zero-order valence-corrected chi connectivity index (χ0v) is 14.1. The van der Waals surface area contributed by atoms with Crippen LogP contribution >= 0.6 is 0 Å². The molecule has 2 fully saturated rings. The van der Waals surface area contributed by atoms with Crippen LogP contribution in [0.1, 0.15) is 29.1 Å². The molecule has 0 aliphatic carbocycles. The lowest BCUT2D eigenvalue weighted by atomic mass is 10.1. The number of nitrogens with one attached hydrogen (secondary N) is 1. The molecular formula is C18H23N5O2. The van der Waals surface area contributed by atoms with E-state index in [1.807, 2.05) is 12.1 Å². The lowest BCUT2D eigenvalue weighted by Crippen LogP contribution is -2.50. The van der Waals surface area contributed by atoms with Gasteiger partial charge in [-0.05, 0) is 43.7 Å². The second-order valence-electron chi connectivity index (χ2n) is 6.66. The summed E-state index contributed by atoms with van der Waals surface area (Å²) in [6.45, 7) is 4.76. The number of anilines is 2. The lowest BCUT2D eigenvalue weighted by Gasteiger charge is -2.38. The molecule has 25 heavy (non-hydrogen) atoms. The Morgan fingerprint density at radius 1 is 1.28 bits per heavy atom. The first-order valence-corrected chi connectivity index (χ1v) is 8.79. The van der Waals surface area contributed by atoms with E-state index in [4.69, 9.17) is 10.3 Å². The number of nitrogens with zero attached hydrogens (tertiary/aromatic N) is 3. The van der Waals surface area contributed by atoms with Crippen LogP contribution in [0, 0.1) is 0 Å². The highest BCUT2D eigenvalue weighted by molar-refractivity contribution is 6.02. The Hall–Kier alpha value is -2.38. The van der Waals surface area contributed by atoms with Crippen LogP contribution < -0.4 is 16.0 Å². The van der Waals surface area contributed by atoms with Crippen molar-refractivity contribution in [3.8, 4) is 0 Å².